The van der Waals surface area contributed by atoms with Crippen molar-refractivity contribution < 1.29 is 41.5 Å². The molecule has 4 rings (SSSR count). The average Bonchev–Trinajstić information content (AvgIpc) is 2.84. The Bertz CT molecular complexity index is 1700. The van der Waals surface area contributed by atoms with Crippen LogP contribution in [0, 0.1) is 0 Å². The zero-order valence-corrected chi connectivity index (χ0v) is 20.6. The Hall–Kier alpha value is -3.87. The van der Waals surface area contributed by atoms with Crippen molar-refractivity contribution in [2.75, 3.05) is 0 Å². The van der Waals surface area contributed by atoms with Gasteiger partial charge in [0.2, 0.25) is 19.7 Å². The highest BCUT2D eigenvalue weighted by Gasteiger charge is 2.36. The molecule has 0 radical (unpaired) electrons. The fraction of sp³-hybridized carbons (Fsp3) is 0. The highest BCUT2D eigenvalue weighted by molar-refractivity contribution is 7.92. The smallest absolute Gasteiger partial charge is 0.214 e. The first-order chi connectivity index (χ1) is 17.0. The molecule has 4 aromatic carbocycles. The van der Waals surface area contributed by atoms with E-state index in [2.05, 4.69) is 0 Å². The van der Waals surface area contributed by atoms with Crippen molar-refractivity contribution in [3.05, 3.63) is 84.9 Å². The van der Waals surface area contributed by atoms with Crippen LogP contribution >= 0.6 is 0 Å². The molecule has 0 amide bonds. The lowest BCUT2D eigenvalue weighted by Crippen LogP contribution is -2.10. The van der Waals surface area contributed by atoms with Gasteiger partial charge in [0.05, 0.1) is 30.4 Å². The minimum absolute atomic E-state index is 0.293. The summed E-state index contributed by atoms with van der Waals surface area (Å²) in [5.41, 5.74) is 0. The molecule has 0 bridgehead atoms. The van der Waals surface area contributed by atoms with E-state index in [0.29, 0.717) is 6.07 Å². The van der Waals surface area contributed by atoms with E-state index in [9.17, 15) is 41.5 Å². The maximum Gasteiger partial charge on any atom is 0.214 e. The van der Waals surface area contributed by atoms with Crippen molar-refractivity contribution in [2.24, 2.45) is 0 Å². The molecule has 36 heavy (non-hydrogen) atoms. The lowest BCUT2D eigenvalue weighted by molar-refractivity contribution is 0.403. The molecular formula is C24H18O9S3. The number of hydrogen-bond acceptors (Lipinski definition) is 9. The Labute approximate surface area is 208 Å². The normalized spacial score (nSPS) is 12.8. The van der Waals surface area contributed by atoms with Gasteiger partial charge in [0.1, 0.15) is 16.4 Å². The van der Waals surface area contributed by atoms with E-state index in [0.717, 1.165) is 18.2 Å². The van der Waals surface area contributed by atoms with Crippen molar-refractivity contribution in [2.45, 2.75) is 29.4 Å². The first-order valence-corrected chi connectivity index (χ1v) is 14.2. The molecule has 1 unspecified atom stereocenters. The molecule has 0 aliphatic carbocycles. The fourth-order valence-corrected chi connectivity index (χ4v) is 7.68. The van der Waals surface area contributed by atoms with Crippen LogP contribution in [-0.4, -0.2) is 41.5 Å². The fourth-order valence-electron chi connectivity index (χ4n) is 3.42. The molecular weight excluding hydrogens is 528 g/mol. The van der Waals surface area contributed by atoms with Gasteiger partial charge in [-0.05, 0) is 42.5 Å². The summed E-state index contributed by atoms with van der Waals surface area (Å²) in [6.07, 6.45) is 0. The molecule has 9 nitrogen and oxygen atoms in total. The first-order valence-electron chi connectivity index (χ1n) is 10.1. The first kappa shape index (κ1) is 25.2. The highest BCUT2D eigenvalue weighted by atomic mass is 32.2. The van der Waals surface area contributed by atoms with Crippen LogP contribution in [0.1, 0.15) is 0 Å². The van der Waals surface area contributed by atoms with Crippen molar-refractivity contribution in [1.82, 2.24) is 0 Å². The third kappa shape index (κ3) is 4.30. The summed E-state index contributed by atoms with van der Waals surface area (Å²) < 4.78 is 67.0. The predicted molar refractivity (Wildman–Crippen MR) is 128 cm³/mol. The summed E-state index contributed by atoms with van der Waals surface area (Å²) >= 11 is 0. The van der Waals surface area contributed by atoms with Crippen molar-refractivity contribution in [3.8, 4) is 23.0 Å². The summed E-state index contributed by atoms with van der Waals surface area (Å²) in [5, 5.41) is 41.6. The minimum atomic E-state index is -4.72. The number of phenols is 4. The molecule has 12 heteroatoms. The van der Waals surface area contributed by atoms with Gasteiger partial charge in [0.15, 0.2) is 16.4 Å². The van der Waals surface area contributed by atoms with Gasteiger partial charge in [-0.15, -0.1) is 0 Å². The monoisotopic (exact) mass is 546 g/mol. The Morgan fingerprint density at radius 1 is 0.583 bits per heavy atom. The zero-order chi connectivity index (χ0) is 26.3. The number of sulfone groups is 2. The predicted octanol–water partition coefficient (Wildman–Crippen LogP) is 3.34. The van der Waals surface area contributed by atoms with Crippen molar-refractivity contribution >= 4 is 30.5 Å². The molecule has 0 aromatic heterocycles. The standard InChI is InChI=1S/C24H18O9S3/c25-15-11-12-19(18(26)13-15)34(29)20-14-21(35(30,31)16-7-3-1-4-8-16)23(28)24(22(20)27)36(32,33)17-9-5-2-6-10-17/h1-14,25-28H. The summed E-state index contributed by atoms with van der Waals surface area (Å²) in [4.78, 5) is -3.78. The van der Waals surface area contributed by atoms with E-state index in [-0.39, 0.29) is 20.4 Å². The maximum atomic E-state index is 13.4. The second-order valence-corrected chi connectivity index (χ2v) is 12.7. The number of benzene rings is 4. The van der Waals surface area contributed by atoms with Crippen molar-refractivity contribution in [3.63, 3.8) is 0 Å². The van der Waals surface area contributed by atoms with E-state index in [1.54, 1.807) is 6.07 Å². The topological polar surface area (TPSA) is 166 Å². The molecule has 0 saturated carbocycles. The highest BCUT2D eigenvalue weighted by Crippen LogP contribution is 2.46. The van der Waals surface area contributed by atoms with Crippen LogP contribution in [0.5, 0.6) is 23.0 Å². The van der Waals surface area contributed by atoms with Gasteiger partial charge in [0, 0.05) is 6.07 Å². The summed E-state index contributed by atoms with van der Waals surface area (Å²) in [7, 11) is -11.8. The second-order valence-electron chi connectivity index (χ2n) is 7.45. The second kappa shape index (κ2) is 9.30. The quantitative estimate of drug-likeness (QED) is 0.284. The largest absolute Gasteiger partial charge is 0.508 e. The molecule has 0 fully saturated rings. The lowest BCUT2D eigenvalue weighted by Gasteiger charge is -2.17. The summed E-state index contributed by atoms with van der Waals surface area (Å²) in [6.45, 7) is 0. The number of phenolic OH excluding ortho intramolecular Hbond substituents is 4. The average molecular weight is 547 g/mol. The van der Waals surface area contributed by atoms with Gasteiger partial charge in [-0.2, -0.15) is 0 Å². The van der Waals surface area contributed by atoms with Gasteiger partial charge in [-0.1, -0.05) is 36.4 Å². The van der Waals surface area contributed by atoms with Gasteiger partial charge in [0.25, 0.3) is 0 Å². The Kier molecular flexibility index (Phi) is 6.52. The third-order valence-corrected chi connectivity index (χ3v) is 10.2. The SMILES string of the molecule is O=S(c1ccc(O)cc1O)c1cc(S(=O)(=O)c2ccccc2)c(O)c(S(=O)(=O)c2ccccc2)c1O. The van der Waals surface area contributed by atoms with Gasteiger partial charge >= 0.3 is 0 Å². The molecule has 0 aliphatic rings. The summed E-state index contributed by atoms with van der Waals surface area (Å²) in [6, 6.07) is 17.2. The minimum Gasteiger partial charge on any atom is -0.508 e. The van der Waals surface area contributed by atoms with Crippen LogP contribution in [0.3, 0.4) is 0 Å². The van der Waals surface area contributed by atoms with Crippen LogP contribution in [0.25, 0.3) is 0 Å². The summed E-state index contributed by atoms with van der Waals surface area (Å²) in [5.74, 6) is -3.42. The van der Waals surface area contributed by atoms with E-state index < -0.39 is 62.4 Å². The van der Waals surface area contributed by atoms with Crippen LogP contribution in [-0.2, 0) is 30.5 Å². The Balaban J connectivity index is 2.08. The number of aromatic hydroxyl groups is 4. The van der Waals surface area contributed by atoms with Crippen LogP contribution in [0.2, 0.25) is 0 Å². The van der Waals surface area contributed by atoms with E-state index in [4.69, 9.17) is 0 Å². The third-order valence-electron chi connectivity index (χ3n) is 5.17. The molecule has 0 aliphatic heterocycles. The van der Waals surface area contributed by atoms with Gasteiger partial charge in [-0.3, -0.25) is 0 Å². The van der Waals surface area contributed by atoms with E-state index >= 15 is 0 Å². The maximum absolute atomic E-state index is 13.4. The molecule has 1 atom stereocenters. The van der Waals surface area contributed by atoms with Gasteiger partial charge < -0.3 is 20.4 Å². The van der Waals surface area contributed by atoms with Crippen LogP contribution in [0.4, 0.5) is 0 Å². The van der Waals surface area contributed by atoms with Crippen LogP contribution < -0.4 is 0 Å². The van der Waals surface area contributed by atoms with Crippen molar-refractivity contribution in [1.29, 1.82) is 0 Å². The number of hydrogen-bond donors (Lipinski definition) is 4. The van der Waals surface area contributed by atoms with Gasteiger partial charge in [-0.25, -0.2) is 21.0 Å². The molecule has 0 heterocycles. The molecule has 0 spiro atoms. The molecule has 4 N–H and O–H groups in total. The zero-order valence-electron chi connectivity index (χ0n) is 18.1. The van der Waals surface area contributed by atoms with E-state index in [1.807, 2.05) is 0 Å². The van der Waals surface area contributed by atoms with Crippen LogP contribution in [0.15, 0.2) is 114 Å². The molecule has 186 valence electrons. The lowest BCUT2D eigenvalue weighted by atomic mass is 10.3. The molecule has 4 aromatic rings. The Morgan fingerprint density at radius 2 is 1.11 bits per heavy atom. The van der Waals surface area contributed by atoms with E-state index in [1.165, 1.54) is 54.6 Å². The molecule has 0 saturated heterocycles. The Morgan fingerprint density at radius 3 is 1.64 bits per heavy atom. The number of rotatable bonds is 6.